The Labute approximate surface area is 214 Å². The second kappa shape index (κ2) is 8.85. The summed E-state index contributed by atoms with van der Waals surface area (Å²) >= 11 is 7.20. The van der Waals surface area contributed by atoms with Crippen molar-refractivity contribution in [1.29, 1.82) is 0 Å². The molecule has 1 amide bonds. The second-order valence-corrected chi connectivity index (χ2v) is 9.90. The third-order valence-electron chi connectivity index (χ3n) is 5.98. The predicted octanol–water partition coefficient (Wildman–Crippen LogP) is 6.10. The summed E-state index contributed by atoms with van der Waals surface area (Å²) in [6, 6.07) is 14.6. The highest BCUT2D eigenvalue weighted by atomic mass is 35.5. The standard InChI is InChI=1S/C26H18ClN3O5S/c1-13-10-14(2)21-19(11-13)36-26(28-21)29-22(16-4-3-5-18(12-16)30(34)35)20(24(32)25(29)33)23(31)15-6-8-17(27)9-7-15/h3-12,22,31H,1-2H3. The van der Waals surface area contributed by atoms with Crippen LogP contribution in [0.15, 0.2) is 66.2 Å². The van der Waals surface area contributed by atoms with Crippen LogP contribution in [0.5, 0.6) is 0 Å². The highest BCUT2D eigenvalue weighted by Gasteiger charge is 2.48. The van der Waals surface area contributed by atoms with E-state index in [1.54, 1.807) is 18.2 Å². The van der Waals surface area contributed by atoms with Crippen molar-refractivity contribution in [3.05, 3.63) is 104 Å². The number of aliphatic hydroxyl groups excluding tert-OH is 1. The summed E-state index contributed by atoms with van der Waals surface area (Å²) in [5.41, 5.74) is 2.82. The summed E-state index contributed by atoms with van der Waals surface area (Å²) in [5.74, 6) is -2.20. The molecule has 4 aromatic rings. The minimum atomic E-state index is -1.12. The van der Waals surface area contributed by atoms with Gasteiger partial charge >= 0.3 is 5.91 Å². The Morgan fingerprint density at radius 1 is 1.11 bits per heavy atom. The Morgan fingerprint density at radius 2 is 1.83 bits per heavy atom. The fraction of sp³-hybridized carbons (Fsp3) is 0.115. The second-order valence-electron chi connectivity index (χ2n) is 8.45. The van der Waals surface area contributed by atoms with Gasteiger partial charge in [-0.15, -0.1) is 0 Å². The molecule has 10 heteroatoms. The summed E-state index contributed by atoms with van der Waals surface area (Å²) in [7, 11) is 0. The van der Waals surface area contributed by atoms with E-state index in [2.05, 4.69) is 4.98 Å². The number of nitro benzene ring substituents is 1. The van der Waals surface area contributed by atoms with Gasteiger partial charge in [0.25, 0.3) is 11.5 Å². The van der Waals surface area contributed by atoms with E-state index in [4.69, 9.17) is 11.6 Å². The lowest BCUT2D eigenvalue weighted by atomic mass is 9.95. The Balaban J connectivity index is 1.76. The lowest BCUT2D eigenvalue weighted by Crippen LogP contribution is -2.29. The topological polar surface area (TPSA) is 114 Å². The van der Waals surface area contributed by atoms with Crippen LogP contribution < -0.4 is 4.90 Å². The molecule has 0 radical (unpaired) electrons. The normalized spacial score (nSPS) is 17.2. The molecule has 1 fully saturated rings. The number of non-ortho nitro benzene ring substituents is 1. The zero-order chi connectivity index (χ0) is 25.7. The summed E-state index contributed by atoms with van der Waals surface area (Å²) in [5, 5.41) is 23.3. The van der Waals surface area contributed by atoms with Gasteiger partial charge in [0.2, 0.25) is 0 Å². The average molecular weight is 520 g/mol. The van der Waals surface area contributed by atoms with Crippen LogP contribution in [0.3, 0.4) is 0 Å². The number of anilines is 1. The van der Waals surface area contributed by atoms with Gasteiger partial charge in [-0.1, -0.05) is 41.1 Å². The number of thiazole rings is 1. The fourth-order valence-electron chi connectivity index (χ4n) is 4.38. The quantitative estimate of drug-likeness (QED) is 0.114. The van der Waals surface area contributed by atoms with Gasteiger partial charge in [0.05, 0.1) is 26.8 Å². The average Bonchev–Trinajstić information content (AvgIpc) is 3.38. The molecular weight excluding hydrogens is 502 g/mol. The molecule has 180 valence electrons. The first-order chi connectivity index (χ1) is 17.2. The molecule has 3 aromatic carbocycles. The third-order valence-corrected chi connectivity index (χ3v) is 7.24. The number of nitrogens with zero attached hydrogens (tertiary/aromatic N) is 3. The van der Waals surface area contributed by atoms with Crippen LogP contribution in [0, 0.1) is 24.0 Å². The maximum Gasteiger partial charge on any atom is 0.301 e. The van der Waals surface area contributed by atoms with E-state index >= 15 is 0 Å². The summed E-state index contributed by atoms with van der Waals surface area (Å²) < 4.78 is 0.833. The molecule has 1 aliphatic rings. The zero-order valence-electron chi connectivity index (χ0n) is 19.1. The van der Waals surface area contributed by atoms with Crippen LogP contribution in [0.4, 0.5) is 10.8 Å². The molecule has 8 nitrogen and oxygen atoms in total. The van der Waals surface area contributed by atoms with Crippen molar-refractivity contribution in [3.63, 3.8) is 0 Å². The number of ketones is 1. The Kier molecular flexibility index (Phi) is 5.82. The molecule has 1 aliphatic heterocycles. The number of benzene rings is 3. The third kappa shape index (κ3) is 3.92. The van der Waals surface area contributed by atoms with Crippen LogP contribution in [-0.4, -0.2) is 26.7 Å². The van der Waals surface area contributed by atoms with Crippen molar-refractivity contribution in [1.82, 2.24) is 4.98 Å². The number of Topliss-reactive ketones (excluding diaryl/α,β-unsaturated/α-hetero) is 1. The number of fused-ring (bicyclic) bond motifs is 1. The van der Waals surface area contributed by atoms with Gasteiger partial charge in [-0.05, 0) is 60.9 Å². The zero-order valence-corrected chi connectivity index (χ0v) is 20.6. The number of amides is 1. The predicted molar refractivity (Wildman–Crippen MR) is 138 cm³/mol. The molecule has 1 N–H and O–H groups in total. The van der Waals surface area contributed by atoms with Crippen molar-refractivity contribution in [2.24, 2.45) is 0 Å². The maximum atomic E-state index is 13.4. The summed E-state index contributed by atoms with van der Waals surface area (Å²) in [6.45, 7) is 3.86. The van der Waals surface area contributed by atoms with E-state index in [1.165, 1.54) is 46.6 Å². The van der Waals surface area contributed by atoms with Crippen molar-refractivity contribution < 1.29 is 19.6 Å². The van der Waals surface area contributed by atoms with Crippen LogP contribution in [0.1, 0.15) is 28.3 Å². The number of hydrogen-bond donors (Lipinski definition) is 1. The molecule has 5 rings (SSSR count). The SMILES string of the molecule is Cc1cc(C)c2nc(N3C(=O)C(=O)C(=C(O)c4ccc(Cl)cc4)C3c3cccc([N+](=O)[O-])c3)sc2c1. The van der Waals surface area contributed by atoms with Gasteiger partial charge < -0.3 is 5.11 Å². The summed E-state index contributed by atoms with van der Waals surface area (Å²) in [6.07, 6.45) is 0. The van der Waals surface area contributed by atoms with Crippen LogP contribution in [0.2, 0.25) is 5.02 Å². The van der Waals surface area contributed by atoms with Crippen LogP contribution >= 0.6 is 22.9 Å². The molecule has 1 unspecified atom stereocenters. The number of hydrogen-bond acceptors (Lipinski definition) is 7. The maximum absolute atomic E-state index is 13.4. The molecule has 1 saturated heterocycles. The summed E-state index contributed by atoms with van der Waals surface area (Å²) in [4.78, 5) is 43.5. The highest BCUT2D eigenvalue weighted by Crippen LogP contribution is 2.45. The molecule has 36 heavy (non-hydrogen) atoms. The Bertz CT molecular complexity index is 1610. The van der Waals surface area contributed by atoms with Crippen molar-refractivity contribution in [2.45, 2.75) is 19.9 Å². The van der Waals surface area contributed by atoms with Crippen LogP contribution in [0.25, 0.3) is 16.0 Å². The van der Waals surface area contributed by atoms with E-state index in [0.717, 1.165) is 15.8 Å². The van der Waals surface area contributed by atoms with E-state index in [1.807, 2.05) is 26.0 Å². The van der Waals surface area contributed by atoms with Gasteiger partial charge in [-0.25, -0.2) is 4.98 Å². The molecule has 0 spiro atoms. The van der Waals surface area contributed by atoms with Crippen molar-refractivity contribution in [2.75, 3.05) is 4.90 Å². The van der Waals surface area contributed by atoms with E-state index < -0.39 is 28.4 Å². The highest BCUT2D eigenvalue weighted by molar-refractivity contribution is 7.22. The van der Waals surface area contributed by atoms with Gasteiger partial charge in [0.15, 0.2) is 5.13 Å². The van der Waals surface area contributed by atoms with Gasteiger partial charge in [-0.3, -0.25) is 24.6 Å². The molecule has 2 heterocycles. The smallest absolute Gasteiger partial charge is 0.301 e. The number of carbonyl (C=O) groups excluding carboxylic acids is 2. The number of aliphatic hydroxyl groups is 1. The first kappa shape index (κ1) is 23.7. The lowest BCUT2D eigenvalue weighted by molar-refractivity contribution is -0.384. The number of carbonyl (C=O) groups is 2. The molecule has 1 aromatic heterocycles. The number of rotatable bonds is 4. The number of aromatic nitrogens is 1. The fourth-order valence-corrected chi connectivity index (χ4v) is 5.67. The first-order valence-corrected chi connectivity index (χ1v) is 12.0. The van der Waals surface area contributed by atoms with E-state index in [9.17, 15) is 24.8 Å². The molecule has 0 aliphatic carbocycles. The number of aryl methyl sites for hydroxylation is 2. The minimum absolute atomic E-state index is 0.185. The van der Waals surface area contributed by atoms with E-state index in [0.29, 0.717) is 16.1 Å². The first-order valence-electron chi connectivity index (χ1n) is 10.8. The lowest BCUT2D eigenvalue weighted by Gasteiger charge is -2.22. The molecule has 1 atom stereocenters. The molecular formula is C26H18ClN3O5S. The van der Waals surface area contributed by atoms with Gasteiger partial charge in [0.1, 0.15) is 5.76 Å². The molecule has 0 saturated carbocycles. The van der Waals surface area contributed by atoms with Crippen LogP contribution in [-0.2, 0) is 9.59 Å². The van der Waals surface area contributed by atoms with Crippen molar-refractivity contribution >= 4 is 61.4 Å². The van der Waals surface area contributed by atoms with E-state index in [-0.39, 0.29) is 22.0 Å². The Hall–Kier alpha value is -4.08. The number of halogens is 1. The number of nitro groups is 1. The van der Waals surface area contributed by atoms with Crippen molar-refractivity contribution in [3.8, 4) is 0 Å². The Morgan fingerprint density at radius 3 is 2.53 bits per heavy atom. The van der Waals surface area contributed by atoms with Gasteiger partial charge in [-0.2, -0.15) is 0 Å². The minimum Gasteiger partial charge on any atom is -0.507 e. The largest absolute Gasteiger partial charge is 0.507 e. The monoisotopic (exact) mass is 519 g/mol. The van der Waals surface area contributed by atoms with Gasteiger partial charge in [0, 0.05) is 22.7 Å². The molecule has 0 bridgehead atoms.